The smallest absolute Gasteiger partial charge is 0.356 e. The second-order valence-corrected chi connectivity index (χ2v) is 6.84. The molecule has 3 aromatic rings. The van der Waals surface area contributed by atoms with Gasteiger partial charge in [0.05, 0.1) is 20.9 Å². The number of aromatic nitrogens is 2. The summed E-state index contributed by atoms with van der Waals surface area (Å²) in [5, 5.41) is 9.78. The molecular formula is C15H14ClN3O2S. The Hall–Kier alpha value is -1.79. The van der Waals surface area contributed by atoms with E-state index in [4.69, 9.17) is 16.7 Å². The topological polar surface area (TPSA) is 57.8 Å². The minimum Gasteiger partial charge on any atom is -0.476 e. The highest BCUT2D eigenvalue weighted by atomic mass is 35.5. The summed E-state index contributed by atoms with van der Waals surface area (Å²) in [6.07, 6.45) is 5.22. The van der Waals surface area contributed by atoms with Gasteiger partial charge in [-0.2, -0.15) is 0 Å². The Bertz CT molecular complexity index is 880. The van der Waals surface area contributed by atoms with Crippen LogP contribution in [-0.2, 0) is 0 Å². The lowest BCUT2D eigenvalue weighted by atomic mass is 10.1. The summed E-state index contributed by atoms with van der Waals surface area (Å²) in [4.78, 5) is 18.2. The van der Waals surface area contributed by atoms with Crippen molar-refractivity contribution in [2.24, 2.45) is 0 Å². The molecule has 1 fully saturated rings. The number of imidazole rings is 1. The maximum Gasteiger partial charge on any atom is 0.356 e. The predicted molar refractivity (Wildman–Crippen MR) is 88.6 cm³/mol. The number of carboxylic acids is 1. The number of hydrogen-bond acceptors (Lipinski definition) is 4. The van der Waals surface area contributed by atoms with Crippen molar-refractivity contribution in [2.45, 2.75) is 19.3 Å². The monoisotopic (exact) mass is 335 g/mol. The van der Waals surface area contributed by atoms with Crippen LogP contribution in [0.15, 0.2) is 18.3 Å². The zero-order valence-corrected chi connectivity index (χ0v) is 13.3. The van der Waals surface area contributed by atoms with Crippen molar-refractivity contribution in [3.8, 4) is 0 Å². The predicted octanol–water partition coefficient (Wildman–Crippen LogP) is 3.89. The largest absolute Gasteiger partial charge is 0.476 e. The van der Waals surface area contributed by atoms with Gasteiger partial charge in [-0.05, 0) is 31.4 Å². The normalized spacial score (nSPS) is 15.8. The Morgan fingerprint density at radius 3 is 2.77 bits per heavy atom. The van der Waals surface area contributed by atoms with Gasteiger partial charge in [0.2, 0.25) is 0 Å². The van der Waals surface area contributed by atoms with Gasteiger partial charge in [0.1, 0.15) is 0 Å². The summed E-state index contributed by atoms with van der Waals surface area (Å²) in [6, 6.07) is 4.03. The molecule has 0 saturated carbocycles. The Morgan fingerprint density at radius 1 is 1.27 bits per heavy atom. The third kappa shape index (κ3) is 2.06. The third-order valence-electron chi connectivity index (χ3n) is 4.10. The molecule has 4 rings (SSSR count). The van der Waals surface area contributed by atoms with Crippen molar-refractivity contribution in [3.63, 3.8) is 0 Å². The molecule has 7 heteroatoms. The van der Waals surface area contributed by atoms with Crippen LogP contribution in [0.2, 0.25) is 5.02 Å². The Morgan fingerprint density at radius 2 is 2.05 bits per heavy atom. The van der Waals surface area contributed by atoms with E-state index < -0.39 is 5.97 Å². The van der Waals surface area contributed by atoms with E-state index in [9.17, 15) is 4.79 Å². The molecule has 0 spiro atoms. The molecule has 2 aromatic heterocycles. The van der Waals surface area contributed by atoms with Gasteiger partial charge in [-0.3, -0.25) is 4.40 Å². The van der Waals surface area contributed by atoms with Gasteiger partial charge >= 0.3 is 5.97 Å². The van der Waals surface area contributed by atoms with Gasteiger partial charge in [-0.1, -0.05) is 22.9 Å². The first kappa shape index (κ1) is 13.8. The van der Waals surface area contributed by atoms with E-state index >= 15 is 0 Å². The number of piperidine rings is 1. The minimum absolute atomic E-state index is 0.0596. The fraction of sp³-hybridized carbons (Fsp3) is 0.333. The van der Waals surface area contributed by atoms with Crippen LogP contribution >= 0.6 is 22.9 Å². The van der Waals surface area contributed by atoms with Crippen LogP contribution < -0.4 is 4.90 Å². The van der Waals surface area contributed by atoms with Gasteiger partial charge < -0.3 is 10.0 Å². The van der Waals surface area contributed by atoms with Gasteiger partial charge in [0.25, 0.3) is 0 Å². The zero-order chi connectivity index (χ0) is 15.3. The molecule has 114 valence electrons. The standard InChI is InChI=1S/C15H14ClN3O2S/c16-12-10(18-6-2-1-3-7-18)4-5-11-13(12)22-15-17-9(14(20)21)8-19(11)15/h4-5,8H,1-3,6-7H2,(H,20,21). The lowest BCUT2D eigenvalue weighted by Gasteiger charge is -2.29. The number of carbonyl (C=O) groups is 1. The van der Waals surface area contributed by atoms with Crippen LogP contribution in [0.1, 0.15) is 29.8 Å². The number of rotatable bonds is 2. The molecule has 0 aliphatic carbocycles. The van der Waals surface area contributed by atoms with E-state index in [1.807, 2.05) is 12.1 Å². The number of fused-ring (bicyclic) bond motifs is 3. The van der Waals surface area contributed by atoms with Crippen molar-refractivity contribution in [2.75, 3.05) is 18.0 Å². The number of hydrogen-bond donors (Lipinski definition) is 1. The molecule has 1 aromatic carbocycles. The van der Waals surface area contributed by atoms with E-state index in [0.717, 1.165) is 34.0 Å². The van der Waals surface area contributed by atoms with Crippen molar-refractivity contribution in [1.82, 2.24) is 9.38 Å². The number of nitrogens with zero attached hydrogens (tertiary/aromatic N) is 3. The summed E-state index contributed by atoms with van der Waals surface area (Å²) < 4.78 is 2.76. The van der Waals surface area contributed by atoms with Crippen molar-refractivity contribution in [3.05, 3.63) is 29.0 Å². The van der Waals surface area contributed by atoms with E-state index in [-0.39, 0.29) is 5.69 Å². The van der Waals surface area contributed by atoms with Crippen molar-refractivity contribution in [1.29, 1.82) is 0 Å². The zero-order valence-electron chi connectivity index (χ0n) is 11.8. The quantitative estimate of drug-likeness (QED) is 0.772. The number of aromatic carboxylic acids is 1. The number of benzene rings is 1. The first-order valence-electron chi connectivity index (χ1n) is 7.23. The molecule has 3 heterocycles. The summed E-state index contributed by atoms with van der Waals surface area (Å²) >= 11 is 8.05. The highest BCUT2D eigenvalue weighted by molar-refractivity contribution is 7.24. The van der Waals surface area contributed by atoms with Crippen LogP contribution in [-0.4, -0.2) is 33.6 Å². The second-order valence-electron chi connectivity index (χ2n) is 5.48. The molecule has 0 radical (unpaired) electrons. The lowest BCUT2D eigenvalue weighted by Crippen LogP contribution is -2.29. The molecular weight excluding hydrogens is 322 g/mol. The molecule has 5 nitrogen and oxygen atoms in total. The molecule has 22 heavy (non-hydrogen) atoms. The molecule has 1 saturated heterocycles. The maximum absolute atomic E-state index is 11.0. The van der Waals surface area contributed by atoms with Gasteiger partial charge in [-0.15, -0.1) is 0 Å². The Balaban J connectivity index is 1.86. The fourth-order valence-electron chi connectivity index (χ4n) is 3.00. The molecule has 0 amide bonds. The molecule has 0 atom stereocenters. The van der Waals surface area contributed by atoms with Crippen molar-refractivity contribution < 1.29 is 9.90 Å². The average Bonchev–Trinajstić information content (AvgIpc) is 3.07. The molecule has 0 bridgehead atoms. The second kappa shape index (κ2) is 5.14. The SMILES string of the molecule is O=C(O)c1cn2c(n1)sc1c(Cl)c(N3CCCCC3)ccc12. The van der Waals surface area contributed by atoms with Crippen molar-refractivity contribution >= 4 is 49.8 Å². The minimum atomic E-state index is -1.01. The van der Waals surface area contributed by atoms with Crippen LogP contribution in [0.5, 0.6) is 0 Å². The van der Waals surface area contributed by atoms with Gasteiger partial charge in [0, 0.05) is 19.3 Å². The Kier molecular flexibility index (Phi) is 3.23. The maximum atomic E-state index is 11.0. The van der Waals surface area contributed by atoms with E-state index in [0.29, 0.717) is 4.96 Å². The number of thiazole rings is 1. The highest BCUT2D eigenvalue weighted by Crippen LogP contribution is 2.39. The fourth-order valence-corrected chi connectivity index (χ4v) is 4.44. The Labute approximate surface area is 135 Å². The van der Waals surface area contributed by atoms with E-state index in [1.165, 1.54) is 30.6 Å². The van der Waals surface area contributed by atoms with Crippen LogP contribution in [0.3, 0.4) is 0 Å². The summed E-state index contributed by atoms with van der Waals surface area (Å²) in [7, 11) is 0. The number of anilines is 1. The molecule has 1 N–H and O–H groups in total. The molecule has 1 aliphatic rings. The average molecular weight is 336 g/mol. The van der Waals surface area contributed by atoms with E-state index in [2.05, 4.69) is 9.88 Å². The summed E-state index contributed by atoms with van der Waals surface area (Å²) in [6.45, 7) is 2.08. The molecule has 0 unspecified atom stereocenters. The van der Waals surface area contributed by atoms with Crippen LogP contribution in [0, 0.1) is 0 Å². The summed E-state index contributed by atoms with van der Waals surface area (Å²) in [5.41, 5.74) is 2.03. The third-order valence-corrected chi connectivity index (χ3v) is 5.68. The lowest BCUT2D eigenvalue weighted by molar-refractivity contribution is 0.0691. The number of carboxylic acid groups (broad SMARTS) is 1. The molecule has 1 aliphatic heterocycles. The first-order chi connectivity index (χ1) is 10.6. The number of halogens is 1. The summed E-state index contributed by atoms with van der Waals surface area (Å²) in [5.74, 6) is -1.01. The van der Waals surface area contributed by atoms with Crippen LogP contribution in [0.25, 0.3) is 15.2 Å². The van der Waals surface area contributed by atoms with Crippen LogP contribution in [0.4, 0.5) is 5.69 Å². The van der Waals surface area contributed by atoms with Gasteiger partial charge in [-0.25, -0.2) is 9.78 Å². The van der Waals surface area contributed by atoms with E-state index in [1.54, 1.807) is 10.6 Å². The first-order valence-corrected chi connectivity index (χ1v) is 8.43. The van der Waals surface area contributed by atoms with Gasteiger partial charge in [0.15, 0.2) is 10.7 Å². The highest BCUT2D eigenvalue weighted by Gasteiger charge is 2.19.